The number of benzene rings is 1. The monoisotopic (exact) mass is 422 g/mol. The molecule has 0 spiro atoms. The van der Waals surface area contributed by atoms with E-state index in [2.05, 4.69) is 39.0 Å². The molecule has 3 aliphatic heterocycles. The fourth-order valence-corrected chi connectivity index (χ4v) is 4.66. The van der Waals surface area contributed by atoms with Crippen LogP contribution in [0.3, 0.4) is 0 Å². The van der Waals surface area contributed by atoms with Gasteiger partial charge in [-0.1, -0.05) is 12.1 Å². The van der Waals surface area contributed by atoms with Crippen LogP contribution in [-0.4, -0.2) is 73.2 Å². The number of nitrogens with zero attached hydrogens (tertiary/aromatic N) is 4. The fourth-order valence-electron chi connectivity index (χ4n) is 4.66. The second kappa shape index (κ2) is 9.24. The van der Waals surface area contributed by atoms with E-state index in [0.29, 0.717) is 32.9 Å². The highest BCUT2D eigenvalue weighted by Gasteiger charge is 2.29. The number of fused-ring (bicyclic) bond motifs is 1. The number of rotatable bonds is 4. The Morgan fingerprint density at radius 2 is 1.97 bits per heavy atom. The van der Waals surface area contributed by atoms with Crippen molar-refractivity contribution < 1.29 is 14.3 Å². The molecule has 4 heterocycles. The topological polar surface area (TPSA) is 58.1 Å². The van der Waals surface area contributed by atoms with E-state index in [0.717, 1.165) is 56.3 Å². The Labute approximate surface area is 183 Å². The minimum absolute atomic E-state index is 0.000123. The lowest BCUT2D eigenvalue weighted by Gasteiger charge is -2.35. The smallest absolute Gasteiger partial charge is 0.228 e. The van der Waals surface area contributed by atoms with Crippen molar-refractivity contribution in [3.05, 3.63) is 53.7 Å². The lowest BCUT2D eigenvalue weighted by Crippen LogP contribution is -2.46. The zero-order chi connectivity index (χ0) is 21.0. The molecule has 0 saturated carbocycles. The average molecular weight is 423 g/mol. The van der Waals surface area contributed by atoms with Crippen LogP contribution in [-0.2, 0) is 22.6 Å². The third-order valence-electron chi connectivity index (χ3n) is 6.45. The minimum Gasteiger partial charge on any atom is -0.491 e. The van der Waals surface area contributed by atoms with Gasteiger partial charge in [0.25, 0.3) is 0 Å². The van der Waals surface area contributed by atoms with Crippen molar-refractivity contribution in [2.45, 2.75) is 19.5 Å². The van der Waals surface area contributed by atoms with Gasteiger partial charge in [-0.25, -0.2) is 4.98 Å². The predicted octanol–water partition coefficient (Wildman–Crippen LogP) is 2.16. The zero-order valence-electron chi connectivity index (χ0n) is 17.9. The highest BCUT2D eigenvalue weighted by molar-refractivity contribution is 5.79. The number of aromatic nitrogens is 1. The molecule has 2 saturated heterocycles. The quantitative estimate of drug-likeness (QED) is 0.753. The normalized spacial score (nSPS) is 22.0. The van der Waals surface area contributed by atoms with Gasteiger partial charge in [0.2, 0.25) is 5.91 Å². The Bertz CT molecular complexity index is 893. The van der Waals surface area contributed by atoms with Gasteiger partial charge in [0.1, 0.15) is 18.2 Å². The summed E-state index contributed by atoms with van der Waals surface area (Å²) in [5, 5.41) is 0. The van der Waals surface area contributed by atoms with Gasteiger partial charge in [-0.2, -0.15) is 0 Å². The summed E-state index contributed by atoms with van der Waals surface area (Å²) < 4.78 is 11.4. The van der Waals surface area contributed by atoms with Gasteiger partial charge in [0, 0.05) is 57.6 Å². The lowest BCUT2D eigenvalue weighted by molar-refractivity contribution is -0.136. The minimum atomic E-state index is 0.000123. The first kappa shape index (κ1) is 20.3. The average Bonchev–Trinajstić information content (AvgIpc) is 3.27. The van der Waals surface area contributed by atoms with Crippen molar-refractivity contribution in [2.24, 2.45) is 5.92 Å². The first-order chi connectivity index (χ1) is 15.3. The molecule has 3 aliphatic rings. The molecule has 31 heavy (non-hydrogen) atoms. The van der Waals surface area contributed by atoms with Crippen LogP contribution >= 0.6 is 0 Å². The molecule has 2 fully saturated rings. The summed E-state index contributed by atoms with van der Waals surface area (Å²) in [5.74, 6) is 2.16. The third-order valence-corrected chi connectivity index (χ3v) is 6.45. The Balaban J connectivity index is 1.21. The van der Waals surface area contributed by atoms with Gasteiger partial charge in [-0.3, -0.25) is 9.69 Å². The van der Waals surface area contributed by atoms with Gasteiger partial charge in [0.05, 0.1) is 19.1 Å². The molecule has 1 aromatic heterocycles. The maximum absolute atomic E-state index is 12.9. The summed E-state index contributed by atoms with van der Waals surface area (Å²) in [4.78, 5) is 24.1. The molecular weight excluding hydrogens is 392 g/mol. The van der Waals surface area contributed by atoms with E-state index in [4.69, 9.17) is 9.47 Å². The van der Waals surface area contributed by atoms with Crippen LogP contribution in [0.1, 0.15) is 17.5 Å². The SMILES string of the molecule is O=C([C@H]1CCOC1)N1CCOc2ccc(CN3CCN(c4ccccn4)CC3)cc2C1. The highest BCUT2D eigenvalue weighted by Crippen LogP contribution is 2.27. The molecule has 1 amide bonds. The number of ether oxygens (including phenoxy) is 2. The van der Waals surface area contributed by atoms with Gasteiger partial charge in [-0.05, 0) is 36.2 Å². The van der Waals surface area contributed by atoms with E-state index in [1.807, 2.05) is 23.2 Å². The molecular formula is C24H30N4O3. The van der Waals surface area contributed by atoms with Gasteiger partial charge in [0.15, 0.2) is 0 Å². The van der Waals surface area contributed by atoms with Crippen molar-refractivity contribution in [1.82, 2.24) is 14.8 Å². The number of carbonyl (C=O) groups is 1. The highest BCUT2D eigenvalue weighted by atomic mass is 16.5. The molecule has 1 aromatic carbocycles. The molecule has 164 valence electrons. The van der Waals surface area contributed by atoms with E-state index in [9.17, 15) is 4.79 Å². The summed E-state index contributed by atoms with van der Waals surface area (Å²) in [7, 11) is 0. The summed E-state index contributed by atoms with van der Waals surface area (Å²) in [6, 6.07) is 12.5. The van der Waals surface area contributed by atoms with Crippen LogP contribution in [0.15, 0.2) is 42.6 Å². The van der Waals surface area contributed by atoms with Gasteiger partial charge in [-0.15, -0.1) is 0 Å². The molecule has 1 atom stereocenters. The molecule has 5 rings (SSSR count). The van der Waals surface area contributed by atoms with E-state index in [1.54, 1.807) is 0 Å². The van der Waals surface area contributed by atoms with Crippen molar-refractivity contribution in [3.63, 3.8) is 0 Å². The second-order valence-corrected chi connectivity index (χ2v) is 8.56. The Morgan fingerprint density at radius 3 is 2.74 bits per heavy atom. The number of hydrogen-bond donors (Lipinski definition) is 0. The Hall–Kier alpha value is -2.64. The van der Waals surface area contributed by atoms with Crippen LogP contribution < -0.4 is 9.64 Å². The molecule has 2 aromatic rings. The Kier molecular flexibility index (Phi) is 6.04. The van der Waals surface area contributed by atoms with Crippen molar-refractivity contribution >= 4 is 11.7 Å². The molecule has 7 heteroatoms. The number of anilines is 1. The maximum atomic E-state index is 12.9. The van der Waals surface area contributed by atoms with Crippen LogP contribution in [0.5, 0.6) is 5.75 Å². The van der Waals surface area contributed by atoms with E-state index >= 15 is 0 Å². The van der Waals surface area contributed by atoms with Crippen molar-refractivity contribution in [2.75, 3.05) is 57.4 Å². The van der Waals surface area contributed by atoms with E-state index in [1.165, 1.54) is 5.56 Å². The third kappa shape index (κ3) is 4.67. The Morgan fingerprint density at radius 1 is 1.06 bits per heavy atom. The van der Waals surface area contributed by atoms with Crippen molar-refractivity contribution in [3.8, 4) is 5.75 Å². The fraction of sp³-hybridized carbons (Fsp3) is 0.500. The van der Waals surface area contributed by atoms with Crippen LogP contribution in [0.2, 0.25) is 0 Å². The molecule has 0 N–H and O–H groups in total. The van der Waals surface area contributed by atoms with Crippen LogP contribution in [0.4, 0.5) is 5.82 Å². The molecule has 7 nitrogen and oxygen atoms in total. The first-order valence-electron chi connectivity index (χ1n) is 11.3. The molecule has 0 aliphatic carbocycles. The largest absolute Gasteiger partial charge is 0.491 e. The second-order valence-electron chi connectivity index (χ2n) is 8.56. The van der Waals surface area contributed by atoms with Gasteiger partial charge >= 0.3 is 0 Å². The number of piperazine rings is 1. The summed E-state index contributed by atoms with van der Waals surface area (Å²) >= 11 is 0. The zero-order valence-corrected chi connectivity index (χ0v) is 17.9. The van der Waals surface area contributed by atoms with E-state index < -0.39 is 0 Å². The predicted molar refractivity (Wildman–Crippen MR) is 118 cm³/mol. The van der Waals surface area contributed by atoms with Gasteiger partial charge < -0.3 is 19.3 Å². The van der Waals surface area contributed by atoms with E-state index in [-0.39, 0.29) is 11.8 Å². The van der Waals surface area contributed by atoms with Crippen molar-refractivity contribution in [1.29, 1.82) is 0 Å². The number of amides is 1. The van der Waals surface area contributed by atoms with Crippen LogP contribution in [0.25, 0.3) is 0 Å². The standard InChI is InChI=1S/C24H30N4O3/c29-24(20-6-13-30-18-20)28-12-14-31-22-5-4-19(15-21(22)17-28)16-26-8-10-27(11-9-26)23-3-1-2-7-25-23/h1-5,7,15,20H,6,8-14,16-18H2/t20-/m0/s1. The number of carbonyl (C=O) groups excluding carboxylic acids is 1. The summed E-state index contributed by atoms with van der Waals surface area (Å²) in [6.07, 6.45) is 2.68. The summed E-state index contributed by atoms with van der Waals surface area (Å²) in [5.41, 5.74) is 2.38. The maximum Gasteiger partial charge on any atom is 0.228 e. The number of pyridine rings is 1. The molecule has 0 unspecified atom stereocenters. The summed E-state index contributed by atoms with van der Waals surface area (Å²) in [6.45, 7) is 7.93. The number of hydrogen-bond acceptors (Lipinski definition) is 6. The lowest BCUT2D eigenvalue weighted by atomic mass is 10.1. The van der Waals surface area contributed by atoms with Crippen LogP contribution in [0, 0.1) is 5.92 Å². The first-order valence-corrected chi connectivity index (χ1v) is 11.3. The molecule has 0 bridgehead atoms. The molecule has 0 radical (unpaired) electrons.